The van der Waals surface area contributed by atoms with Gasteiger partial charge in [0.1, 0.15) is 5.78 Å². The van der Waals surface area contributed by atoms with E-state index in [2.05, 4.69) is 27.7 Å². The molecule has 0 aromatic carbocycles. The Bertz CT molecular complexity index is 246. The molecule has 0 spiro atoms. The normalized spacial score (nSPS) is 14.0. The van der Waals surface area contributed by atoms with E-state index in [1.165, 1.54) is 64.2 Å². The smallest absolute Gasteiger partial charge is 0.132 e. The summed E-state index contributed by atoms with van der Waals surface area (Å²) in [5.41, 5.74) is 0. The summed E-state index contributed by atoms with van der Waals surface area (Å²) in [5, 5.41) is 0. The van der Waals surface area contributed by atoms with Crippen molar-refractivity contribution in [1.82, 2.24) is 0 Å². The third kappa shape index (κ3) is 14.6. The zero-order valence-corrected chi connectivity index (χ0v) is 16.0. The highest BCUT2D eigenvalue weighted by atomic mass is 16.1. The van der Waals surface area contributed by atoms with E-state index < -0.39 is 0 Å². The van der Waals surface area contributed by atoms with Crippen molar-refractivity contribution in [3.8, 4) is 0 Å². The maximum atomic E-state index is 11.6. The van der Waals surface area contributed by atoms with E-state index in [0.29, 0.717) is 5.78 Å². The second-order valence-electron chi connectivity index (χ2n) is 7.51. The van der Waals surface area contributed by atoms with E-state index in [-0.39, 0.29) is 0 Å². The minimum atomic E-state index is 0.493. The molecule has 2 atom stereocenters. The molecule has 0 aromatic heterocycles. The summed E-state index contributed by atoms with van der Waals surface area (Å²) in [6, 6.07) is 0. The summed E-state index contributed by atoms with van der Waals surface area (Å²) < 4.78 is 0. The molecule has 0 fully saturated rings. The second-order valence-corrected chi connectivity index (χ2v) is 7.51. The van der Waals surface area contributed by atoms with Gasteiger partial charge in [-0.3, -0.25) is 4.79 Å². The Morgan fingerprint density at radius 1 is 0.727 bits per heavy atom. The lowest BCUT2D eigenvalue weighted by Gasteiger charge is -2.15. The van der Waals surface area contributed by atoms with Crippen molar-refractivity contribution in [2.75, 3.05) is 0 Å². The summed E-state index contributed by atoms with van der Waals surface area (Å²) >= 11 is 0. The molecule has 0 bridgehead atoms. The van der Waals surface area contributed by atoms with Gasteiger partial charge in [-0.15, -0.1) is 0 Å². The Kier molecular flexibility index (Phi) is 15.3. The van der Waals surface area contributed by atoms with Gasteiger partial charge in [0.15, 0.2) is 0 Å². The molecule has 0 aliphatic rings. The van der Waals surface area contributed by atoms with Crippen LogP contribution in [0.3, 0.4) is 0 Å². The van der Waals surface area contributed by atoms with Crippen LogP contribution in [0.15, 0.2) is 0 Å². The third-order valence-electron chi connectivity index (χ3n) is 4.96. The van der Waals surface area contributed by atoms with Crippen molar-refractivity contribution in [3.05, 3.63) is 0 Å². The average molecular weight is 311 g/mol. The number of hydrogen-bond acceptors (Lipinski definition) is 1. The summed E-state index contributed by atoms with van der Waals surface area (Å²) in [6.07, 6.45) is 17.1. The average Bonchev–Trinajstić information content (AvgIpc) is 2.50. The lowest BCUT2D eigenvalue weighted by molar-refractivity contribution is -0.119. The van der Waals surface area contributed by atoms with E-state index in [9.17, 15) is 4.79 Å². The topological polar surface area (TPSA) is 17.1 Å². The molecular weight excluding hydrogens is 268 g/mol. The second kappa shape index (κ2) is 15.6. The van der Waals surface area contributed by atoms with Crippen LogP contribution in [0, 0.1) is 11.8 Å². The SMILES string of the molecule is CCCCCC(=O)CCCCCCCCC(C)CC(C)CC. The van der Waals surface area contributed by atoms with E-state index in [0.717, 1.165) is 37.5 Å². The van der Waals surface area contributed by atoms with Gasteiger partial charge in [0.05, 0.1) is 0 Å². The van der Waals surface area contributed by atoms with Crippen molar-refractivity contribution in [2.45, 2.75) is 118 Å². The van der Waals surface area contributed by atoms with Crippen LogP contribution in [-0.4, -0.2) is 5.78 Å². The van der Waals surface area contributed by atoms with Crippen molar-refractivity contribution in [2.24, 2.45) is 11.8 Å². The lowest BCUT2D eigenvalue weighted by Crippen LogP contribution is -2.02. The molecule has 0 radical (unpaired) electrons. The monoisotopic (exact) mass is 310 g/mol. The zero-order valence-electron chi connectivity index (χ0n) is 16.0. The van der Waals surface area contributed by atoms with Crippen molar-refractivity contribution in [1.29, 1.82) is 0 Å². The van der Waals surface area contributed by atoms with E-state index in [1.54, 1.807) is 0 Å². The van der Waals surface area contributed by atoms with E-state index in [4.69, 9.17) is 0 Å². The first-order valence-corrected chi connectivity index (χ1v) is 10.1. The zero-order chi connectivity index (χ0) is 16.6. The molecule has 0 saturated carbocycles. The third-order valence-corrected chi connectivity index (χ3v) is 4.96. The summed E-state index contributed by atoms with van der Waals surface area (Å²) in [5.74, 6) is 2.29. The molecule has 1 heteroatoms. The molecule has 0 rings (SSSR count). The van der Waals surface area contributed by atoms with Gasteiger partial charge in [0.25, 0.3) is 0 Å². The number of carbonyl (C=O) groups is 1. The molecule has 0 heterocycles. The first-order chi connectivity index (χ1) is 10.6. The minimum absolute atomic E-state index is 0.493. The molecule has 22 heavy (non-hydrogen) atoms. The van der Waals surface area contributed by atoms with Gasteiger partial charge in [-0.1, -0.05) is 85.5 Å². The fraction of sp³-hybridized carbons (Fsp3) is 0.952. The van der Waals surface area contributed by atoms with Crippen molar-refractivity contribution >= 4 is 5.78 Å². The Balaban J connectivity index is 3.28. The molecule has 0 aliphatic heterocycles. The van der Waals surface area contributed by atoms with Crippen LogP contribution >= 0.6 is 0 Å². The van der Waals surface area contributed by atoms with Gasteiger partial charge < -0.3 is 0 Å². The number of Topliss-reactive ketones (excluding diaryl/α,β-unsaturated/α-hetero) is 1. The maximum absolute atomic E-state index is 11.6. The van der Waals surface area contributed by atoms with Crippen LogP contribution in [0.2, 0.25) is 0 Å². The number of hydrogen-bond donors (Lipinski definition) is 0. The number of carbonyl (C=O) groups excluding carboxylic acids is 1. The summed E-state index contributed by atoms with van der Waals surface area (Å²) in [4.78, 5) is 11.6. The van der Waals surface area contributed by atoms with Gasteiger partial charge >= 0.3 is 0 Å². The van der Waals surface area contributed by atoms with Crippen LogP contribution in [-0.2, 0) is 4.79 Å². The Hall–Kier alpha value is -0.330. The standard InChI is InChI=1S/C21H42O/c1-5-7-12-16-21(22)17-14-11-9-8-10-13-15-20(4)18-19(3)6-2/h19-20H,5-18H2,1-4H3. The molecule has 0 saturated heterocycles. The fourth-order valence-electron chi connectivity index (χ4n) is 3.19. The highest BCUT2D eigenvalue weighted by molar-refractivity contribution is 5.78. The van der Waals surface area contributed by atoms with Crippen LogP contribution < -0.4 is 0 Å². The quantitative estimate of drug-likeness (QED) is 0.273. The van der Waals surface area contributed by atoms with Crippen molar-refractivity contribution < 1.29 is 4.79 Å². The van der Waals surface area contributed by atoms with Gasteiger partial charge in [-0.2, -0.15) is 0 Å². The molecule has 132 valence electrons. The largest absolute Gasteiger partial charge is 0.300 e. The van der Waals surface area contributed by atoms with Crippen LogP contribution in [0.25, 0.3) is 0 Å². The van der Waals surface area contributed by atoms with Crippen LogP contribution in [0.4, 0.5) is 0 Å². The van der Waals surface area contributed by atoms with Gasteiger partial charge in [-0.25, -0.2) is 0 Å². The Morgan fingerprint density at radius 2 is 1.27 bits per heavy atom. The highest BCUT2D eigenvalue weighted by Gasteiger charge is 2.06. The number of rotatable bonds is 16. The maximum Gasteiger partial charge on any atom is 0.132 e. The predicted octanol–water partition coefficient (Wildman–Crippen LogP) is 7.33. The molecule has 0 aromatic rings. The van der Waals surface area contributed by atoms with Gasteiger partial charge in [-0.05, 0) is 31.1 Å². The summed E-state index contributed by atoms with van der Waals surface area (Å²) in [6.45, 7) is 9.28. The Morgan fingerprint density at radius 3 is 1.86 bits per heavy atom. The van der Waals surface area contributed by atoms with Crippen LogP contribution in [0.1, 0.15) is 118 Å². The Labute approximate surface area is 140 Å². The van der Waals surface area contributed by atoms with Gasteiger partial charge in [0, 0.05) is 12.8 Å². The number of unbranched alkanes of at least 4 members (excludes halogenated alkanes) is 7. The minimum Gasteiger partial charge on any atom is -0.300 e. The van der Waals surface area contributed by atoms with Crippen LogP contribution in [0.5, 0.6) is 0 Å². The predicted molar refractivity (Wildman–Crippen MR) is 99.3 cm³/mol. The highest BCUT2D eigenvalue weighted by Crippen LogP contribution is 2.20. The first-order valence-electron chi connectivity index (χ1n) is 10.1. The first kappa shape index (κ1) is 21.7. The van der Waals surface area contributed by atoms with E-state index >= 15 is 0 Å². The lowest BCUT2D eigenvalue weighted by atomic mass is 9.91. The van der Waals surface area contributed by atoms with Crippen molar-refractivity contribution in [3.63, 3.8) is 0 Å². The molecule has 0 amide bonds. The fourth-order valence-corrected chi connectivity index (χ4v) is 3.19. The molecular formula is C21H42O. The van der Waals surface area contributed by atoms with E-state index in [1.807, 2.05) is 0 Å². The molecule has 0 N–H and O–H groups in total. The summed E-state index contributed by atoms with van der Waals surface area (Å²) in [7, 11) is 0. The molecule has 2 unspecified atom stereocenters. The number of ketones is 1. The molecule has 1 nitrogen and oxygen atoms in total. The molecule has 0 aliphatic carbocycles. The van der Waals surface area contributed by atoms with Gasteiger partial charge in [0.2, 0.25) is 0 Å².